The summed E-state index contributed by atoms with van der Waals surface area (Å²) in [4.78, 5) is 17.7. The van der Waals surface area contributed by atoms with Gasteiger partial charge in [0.25, 0.3) is 5.91 Å². The molecular formula is C12H15N5OS. The van der Waals surface area contributed by atoms with E-state index in [0.717, 1.165) is 25.3 Å². The number of fused-ring (bicyclic) bond motifs is 1. The average molecular weight is 277 g/mol. The van der Waals surface area contributed by atoms with Crippen LogP contribution in [-0.4, -0.2) is 45.1 Å². The first kappa shape index (κ1) is 12.3. The van der Waals surface area contributed by atoms with Gasteiger partial charge in [-0.25, -0.2) is 9.50 Å². The number of carbonyl (C=O) groups is 1. The van der Waals surface area contributed by atoms with Crippen LogP contribution in [-0.2, 0) is 0 Å². The third-order valence-electron chi connectivity index (χ3n) is 3.40. The molecule has 2 aromatic heterocycles. The summed E-state index contributed by atoms with van der Waals surface area (Å²) in [6, 6.07) is 3.80. The standard InChI is InChI=1S/C12H15N5OS/c1-19-8-4-5-16(7-8)11-3-2-10-14-6-9(12(13)18)17(10)15-11/h2-3,6,8H,4-5,7H2,1H3,(H2,13,18). The van der Waals surface area contributed by atoms with Crippen molar-refractivity contribution in [2.75, 3.05) is 24.2 Å². The molecule has 1 saturated heterocycles. The summed E-state index contributed by atoms with van der Waals surface area (Å²) in [5.41, 5.74) is 6.27. The van der Waals surface area contributed by atoms with E-state index in [-0.39, 0.29) is 0 Å². The molecule has 3 heterocycles. The van der Waals surface area contributed by atoms with Crippen LogP contribution in [0.15, 0.2) is 18.3 Å². The Labute approximate surface area is 115 Å². The number of primary amides is 1. The zero-order valence-corrected chi connectivity index (χ0v) is 11.4. The molecule has 1 amide bonds. The Kier molecular flexibility index (Phi) is 3.06. The van der Waals surface area contributed by atoms with Gasteiger partial charge in [0.2, 0.25) is 0 Å². The lowest BCUT2D eigenvalue weighted by Gasteiger charge is -2.17. The number of carbonyl (C=O) groups excluding carboxylic acids is 1. The predicted octanol–water partition coefficient (Wildman–Crippen LogP) is 0.770. The van der Waals surface area contributed by atoms with E-state index in [1.54, 1.807) is 0 Å². The number of nitrogens with two attached hydrogens (primary N) is 1. The van der Waals surface area contributed by atoms with Crippen molar-refractivity contribution in [2.24, 2.45) is 5.73 Å². The summed E-state index contributed by atoms with van der Waals surface area (Å²) in [6.45, 7) is 1.98. The second-order valence-electron chi connectivity index (χ2n) is 4.56. The maximum atomic E-state index is 11.3. The highest BCUT2D eigenvalue weighted by atomic mass is 32.2. The van der Waals surface area contributed by atoms with Crippen molar-refractivity contribution in [2.45, 2.75) is 11.7 Å². The molecule has 2 N–H and O–H groups in total. The fourth-order valence-electron chi connectivity index (χ4n) is 2.33. The van der Waals surface area contributed by atoms with Gasteiger partial charge in [-0.2, -0.15) is 11.8 Å². The molecule has 0 saturated carbocycles. The van der Waals surface area contributed by atoms with Crippen molar-refractivity contribution in [1.82, 2.24) is 14.6 Å². The van der Waals surface area contributed by atoms with E-state index in [1.165, 1.54) is 10.7 Å². The van der Waals surface area contributed by atoms with Gasteiger partial charge in [0.15, 0.2) is 5.65 Å². The van der Waals surface area contributed by atoms with Crippen LogP contribution in [0.5, 0.6) is 0 Å². The van der Waals surface area contributed by atoms with Crippen LogP contribution < -0.4 is 10.6 Å². The lowest BCUT2D eigenvalue weighted by Crippen LogP contribution is -2.23. The van der Waals surface area contributed by atoms with E-state index in [9.17, 15) is 4.79 Å². The summed E-state index contributed by atoms with van der Waals surface area (Å²) in [5, 5.41) is 5.13. The van der Waals surface area contributed by atoms with Crippen molar-refractivity contribution in [3.05, 3.63) is 24.0 Å². The quantitative estimate of drug-likeness (QED) is 0.896. The average Bonchev–Trinajstić information content (AvgIpc) is 3.04. The van der Waals surface area contributed by atoms with E-state index in [1.807, 2.05) is 23.9 Å². The molecule has 1 aliphatic rings. The highest BCUT2D eigenvalue weighted by molar-refractivity contribution is 7.99. The number of aromatic nitrogens is 3. The van der Waals surface area contributed by atoms with Crippen molar-refractivity contribution in [1.29, 1.82) is 0 Å². The lowest BCUT2D eigenvalue weighted by atomic mass is 10.4. The molecule has 1 atom stereocenters. The molecule has 0 aliphatic carbocycles. The minimum atomic E-state index is -0.513. The molecular weight excluding hydrogens is 262 g/mol. The van der Waals surface area contributed by atoms with E-state index >= 15 is 0 Å². The highest BCUT2D eigenvalue weighted by Gasteiger charge is 2.23. The molecule has 1 fully saturated rings. The Hall–Kier alpha value is -1.76. The number of imidazole rings is 1. The maximum Gasteiger partial charge on any atom is 0.269 e. The Morgan fingerprint density at radius 3 is 3.05 bits per heavy atom. The van der Waals surface area contributed by atoms with Crippen LogP contribution in [0.3, 0.4) is 0 Å². The molecule has 1 aliphatic heterocycles. The van der Waals surface area contributed by atoms with Crippen LogP contribution in [0.25, 0.3) is 5.65 Å². The summed E-state index contributed by atoms with van der Waals surface area (Å²) in [6.07, 6.45) is 4.75. The monoisotopic (exact) mass is 277 g/mol. The molecule has 7 heteroatoms. The van der Waals surface area contributed by atoms with Gasteiger partial charge in [-0.05, 0) is 24.8 Å². The molecule has 100 valence electrons. The fourth-order valence-corrected chi connectivity index (χ4v) is 3.00. The minimum Gasteiger partial charge on any atom is -0.364 e. The Bertz CT molecular complexity index is 626. The van der Waals surface area contributed by atoms with Gasteiger partial charge in [-0.3, -0.25) is 4.79 Å². The topological polar surface area (TPSA) is 76.5 Å². The second-order valence-corrected chi connectivity index (χ2v) is 5.70. The summed E-state index contributed by atoms with van der Waals surface area (Å²) < 4.78 is 1.52. The Balaban J connectivity index is 1.97. The first-order chi connectivity index (χ1) is 9.19. The number of nitrogens with zero attached hydrogens (tertiary/aromatic N) is 4. The van der Waals surface area contributed by atoms with Crippen molar-refractivity contribution in [3.8, 4) is 0 Å². The molecule has 19 heavy (non-hydrogen) atoms. The van der Waals surface area contributed by atoms with Gasteiger partial charge in [0, 0.05) is 18.3 Å². The minimum absolute atomic E-state index is 0.317. The number of hydrogen-bond donors (Lipinski definition) is 1. The lowest BCUT2D eigenvalue weighted by molar-refractivity contribution is 0.0993. The summed E-state index contributed by atoms with van der Waals surface area (Å²) in [7, 11) is 0. The Morgan fingerprint density at radius 2 is 2.37 bits per heavy atom. The molecule has 0 aromatic carbocycles. The van der Waals surface area contributed by atoms with Gasteiger partial charge in [0.05, 0.1) is 6.20 Å². The third-order valence-corrected chi connectivity index (χ3v) is 4.45. The second kappa shape index (κ2) is 4.73. The highest BCUT2D eigenvalue weighted by Crippen LogP contribution is 2.24. The van der Waals surface area contributed by atoms with Crippen LogP contribution in [0.4, 0.5) is 5.82 Å². The summed E-state index contributed by atoms with van der Waals surface area (Å²) in [5.74, 6) is 0.352. The molecule has 0 bridgehead atoms. The van der Waals surface area contributed by atoms with Gasteiger partial charge in [0.1, 0.15) is 11.5 Å². The number of anilines is 1. The smallest absolute Gasteiger partial charge is 0.269 e. The number of thioether (sulfide) groups is 1. The molecule has 1 unspecified atom stereocenters. The third kappa shape index (κ3) is 2.14. The van der Waals surface area contributed by atoms with Gasteiger partial charge >= 0.3 is 0 Å². The summed E-state index contributed by atoms with van der Waals surface area (Å²) >= 11 is 1.88. The zero-order chi connectivity index (χ0) is 13.4. The normalized spacial score (nSPS) is 19.2. The first-order valence-corrected chi connectivity index (χ1v) is 7.40. The van der Waals surface area contributed by atoms with Crippen molar-refractivity contribution < 1.29 is 4.79 Å². The van der Waals surface area contributed by atoms with Gasteiger partial charge in [-0.1, -0.05) is 0 Å². The van der Waals surface area contributed by atoms with E-state index in [2.05, 4.69) is 21.2 Å². The SMILES string of the molecule is CSC1CCN(c2ccc3ncc(C(N)=O)n3n2)C1. The first-order valence-electron chi connectivity index (χ1n) is 6.11. The van der Waals surface area contributed by atoms with Crippen LogP contribution >= 0.6 is 11.8 Å². The molecule has 6 nitrogen and oxygen atoms in total. The fraction of sp³-hybridized carbons (Fsp3) is 0.417. The van der Waals surface area contributed by atoms with Gasteiger partial charge < -0.3 is 10.6 Å². The number of hydrogen-bond acceptors (Lipinski definition) is 5. The molecule has 0 radical (unpaired) electrons. The molecule has 3 rings (SSSR count). The van der Waals surface area contributed by atoms with Crippen molar-refractivity contribution >= 4 is 29.1 Å². The van der Waals surface area contributed by atoms with Crippen molar-refractivity contribution in [3.63, 3.8) is 0 Å². The van der Waals surface area contributed by atoms with Gasteiger partial charge in [-0.15, -0.1) is 5.10 Å². The number of amides is 1. The zero-order valence-electron chi connectivity index (χ0n) is 10.6. The van der Waals surface area contributed by atoms with E-state index in [4.69, 9.17) is 5.73 Å². The Morgan fingerprint density at radius 1 is 1.53 bits per heavy atom. The largest absolute Gasteiger partial charge is 0.364 e. The van der Waals surface area contributed by atoms with E-state index < -0.39 is 5.91 Å². The number of rotatable bonds is 3. The molecule has 0 spiro atoms. The molecule has 2 aromatic rings. The van der Waals surface area contributed by atoms with E-state index in [0.29, 0.717) is 16.6 Å². The van der Waals surface area contributed by atoms with Crippen LogP contribution in [0, 0.1) is 0 Å². The van der Waals surface area contributed by atoms with Crippen LogP contribution in [0.1, 0.15) is 16.9 Å². The predicted molar refractivity (Wildman–Crippen MR) is 75.6 cm³/mol. The van der Waals surface area contributed by atoms with Crippen LogP contribution in [0.2, 0.25) is 0 Å². The maximum absolute atomic E-state index is 11.3.